The Morgan fingerprint density at radius 3 is 2.24 bits per heavy atom. The number of hydrogen-bond acceptors (Lipinski definition) is 2. The molecule has 0 saturated carbocycles. The third-order valence-corrected chi connectivity index (χ3v) is 5.45. The molecule has 0 aromatic heterocycles. The van der Waals surface area contributed by atoms with Crippen molar-refractivity contribution in [2.24, 2.45) is 0 Å². The van der Waals surface area contributed by atoms with Crippen molar-refractivity contribution < 1.29 is 8.42 Å². The second kappa shape index (κ2) is 5.65. The summed E-state index contributed by atoms with van der Waals surface area (Å²) in [6.07, 6.45) is 0. The van der Waals surface area contributed by atoms with Crippen molar-refractivity contribution in [3.63, 3.8) is 0 Å². The molecule has 0 aliphatic carbocycles. The number of anilines is 1. The molecular weight excluding hydrogens is 397 g/mol. The predicted molar refractivity (Wildman–Crippen MR) is 93.9 cm³/mol. The molecule has 0 aliphatic rings. The Morgan fingerprint density at radius 2 is 1.48 bits per heavy atom. The molecule has 3 rings (SSSR count). The first kappa shape index (κ1) is 14.3. The maximum Gasteiger partial charge on any atom is 0.261 e. The highest BCUT2D eigenvalue weighted by Gasteiger charge is 2.15. The molecule has 21 heavy (non-hydrogen) atoms. The minimum Gasteiger partial charge on any atom is -0.279 e. The number of fused-ring (bicyclic) bond motifs is 1. The summed E-state index contributed by atoms with van der Waals surface area (Å²) in [5.74, 6) is 0. The van der Waals surface area contributed by atoms with Crippen LogP contribution in [0, 0.1) is 3.57 Å². The normalized spacial score (nSPS) is 11.5. The largest absolute Gasteiger partial charge is 0.279 e. The fourth-order valence-electron chi connectivity index (χ4n) is 2.08. The molecule has 3 aromatic carbocycles. The lowest BCUT2D eigenvalue weighted by atomic mass is 10.1. The van der Waals surface area contributed by atoms with Crippen LogP contribution in [0.4, 0.5) is 5.69 Å². The molecule has 0 aliphatic heterocycles. The monoisotopic (exact) mass is 409 g/mol. The summed E-state index contributed by atoms with van der Waals surface area (Å²) in [7, 11) is -3.58. The van der Waals surface area contributed by atoms with E-state index < -0.39 is 10.0 Å². The van der Waals surface area contributed by atoms with Gasteiger partial charge in [-0.1, -0.05) is 42.5 Å². The van der Waals surface area contributed by atoms with Crippen molar-refractivity contribution in [2.75, 3.05) is 4.72 Å². The van der Waals surface area contributed by atoms with Gasteiger partial charge < -0.3 is 0 Å². The topological polar surface area (TPSA) is 46.2 Å². The molecule has 0 amide bonds. The summed E-state index contributed by atoms with van der Waals surface area (Å²) < 4.78 is 28.5. The van der Waals surface area contributed by atoms with E-state index in [2.05, 4.69) is 27.3 Å². The molecule has 0 fully saturated rings. The first-order valence-corrected chi connectivity index (χ1v) is 8.89. The molecular formula is C16H12INO2S. The number of para-hydroxylation sites is 1. The van der Waals surface area contributed by atoms with Gasteiger partial charge in [0.25, 0.3) is 10.0 Å². The molecule has 0 radical (unpaired) electrons. The maximum absolute atomic E-state index is 12.5. The molecule has 0 bridgehead atoms. The quantitative estimate of drug-likeness (QED) is 0.658. The minimum absolute atomic E-state index is 0.265. The number of rotatable bonds is 3. The molecule has 0 saturated heterocycles. The van der Waals surface area contributed by atoms with Crippen LogP contribution in [0.15, 0.2) is 71.6 Å². The number of benzene rings is 3. The van der Waals surface area contributed by atoms with E-state index in [0.29, 0.717) is 5.69 Å². The van der Waals surface area contributed by atoms with E-state index in [0.717, 1.165) is 14.3 Å². The Balaban J connectivity index is 2.02. The average Bonchev–Trinajstić information content (AvgIpc) is 2.49. The molecule has 0 unspecified atom stereocenters. The fraction of sp³-hybridized carbons (Fsp3) is 0. The van der Waals surface area contributed by atoms with E-state index in [9.17, 15) is 8.42 Å². The molecule has 0 heterocycles. The van der Waals surface area contributed by atoms with Crippen molar-refractivity contribution >= 4 is 49.1 Å². The highest BCUT2D eigenvalue weighted by molar-refractivity contribution is 14.1. The lowest BCUT2D eigenvalue weighted by molar-refractivity contribution is 0.601. The molecule has 3 nitrogen and oxygen atoms in total. The van der Waals surface area contributed by atoms with E-state index in [1.54, 1.807) is 24.3 Å². The smallest absolute Gasteiger partial charge is 0.261 e. The van der Waals surface area contributed by atoms with Crippen LogP contribution < -0.4 is 4.72 Å². The minimum atomic E-state index is -3.58. The summed E-state index contributed by atoms with van der Waals surface area (Å²) >= 11 is 2.11. The van der Waals surface area contributed by atoms with Gasteiger partial charge in [0.15, 0.2) is 0 Å². The highest BCUT2D eigenvalue weighted by Crippen LogP contribution is 2.23. The first-order chi connectivity index (χ1) is 10.1. The molecule has 5 heteroatoms. The maximum atomic E-state index is 12.5. The zero-order valence-electron chi connectivity index (χ0n) is 11.0. The zero-order valence-corrected chi connectivity index (χ0v) is 13.9. The van der Waals surface area contributed by atoms with Gasteiger partial charge in [-0.05, 0) is 57.6 Å². The van der Waals surface area contributed by atoms with Crippen molar-refractivity contribution in [1.82, 2.24) is 0 Å². The standard InChI is InChI=1S/C16H12INO2S/c17-15-7-3-4-8-16(15)18-21(19,20)14-10-9-12-5-1-2-6-13(12)11-14/h1-11,18H. The Hall–Kier alpha value is -1.60. The van der Waals surface area contributed by atoms with Gasteiger partial charge in [-0.2, -0.15) is 0 Å². The van der Waals surface area contributed by atoms with E-state index in [1.165, 1.54) is 0 Å². The van der Waals surface area contributed by atoms with E-state index in [4.69, 9.17) is 0 Å². The average molecular weight is 409 g/mol. The van der Waals surface area contributed by atoms with E-state index in [1.807, 2.05) is 42.5 Å². The zero-order chi connectivity index (χ0) is 14.9. The SMILES string of the molecule is O=S(=O)(Nc1ccccc1I)c1ccc2ccccc2c1. The number of nitrogens with one attached hydrogen (secondary N) is 1. The van der Waals surface area contributed by atoms with Gasteiger partial charge in [-0.15, -0.1) is 0 Å². The van der Waals surface area contributed by atoms with Crippen molar-refractivity contribution in [1.29, 1.82) is 0 Å². The summed E-state index contributed by atoms with van der Waals surface area (Å²) in [6.45, 7) is 0. The summed E-state index contributed by atoms with van der Waals surface area (Å²) in [4.78, 5) is 0.265. The Morgan fingerprint density at radius 1 is 0.810 bits per heavy atom. The summed E-state index contributed by atoms with van der Waals surface area (Å²) in [6, 6.07) is 20.1. The molecule has 0 atom stereocenters. The number of hydrogen-bond donors (Lipinski definition) is 1. The second-order valence-electron chi connectivity index (χ2n) is 4.59. The van der Waals surface area contributed by atoms with Crippen LogP contribution in [0.1, 0.15) is 0 Å². The van der Waals surface area contributed by atoms with Crippen LogP contribution >= 0.6 is 22.6 Å². The van der Waals surface area contributed by atoms with Crippen LogP contribution in [0.5, 0.6) is 0 Å². The van der Waals surface area contributed by atoms with Crippen LogP contribution in [-0.4, -0.2) is 8.42 Å². The summed E-state index contributed by atoms with van der Waals surface area (Å²) in [5.41, 5.74) is 0.589. The molecule has 106 valence electrons. The van der Waals surface area contributed by atoms with E-state index in [-0.39, 0.29) is 4.90 Å². The number of sulfonamides is 1. The molecule has 3 aromatic rings. The predicted octanol–water partition coefficient (Wildman–Crippen LogP) is 4.25. The van der Waals surface area contributed by atoms with Crippen LogP contribution in [0.25, 0.3) is 10.8 Å². The van der Waals surface area contributed by atoms with Gasteiger partial charge in [0.05, 0.1) is 10.6 Å². The first-order valence-electron chi connectivity index (χ1n) is 6.32. The Kier molecular flexibility index (Phi) is 3.86. The molecule has 1 N–H and O–H groups in total. The van der Waals surface area contributed by atoms with Gasteiger partial charge in [0, 0.05) is 3.57 Å². The number of halogens is 1. The fourth-order valence-corrected chi connectivity index (χ4v) is 3.90. The summed E-state index contributed by atoms with van der Waals surface area (Å²) in [5, 5.41) is 1.92. The van der Waals surface area contributed by atoms with Gasteiger partial charge in [0.2, 0.25) is 0 Å². The van der Waals surface area contributed by atoms with Crippen LogP contribution in [-0.2, 0) is 10.0 Å². The second-order valence-corrected chi connectivity index (χ2v) is 7.44. The van der Waals surface area contributed by atoms with Gasteiger partial charge in [0.1, 0.15) is 0 Å². The molecule has 0 spiro atoms. The van der Waals surface area contributed by atoms with Crippen LogP contribution in [0.2, 0.25) is 0 Å². The van der Waals surface area contributed by atoms with Crippen LogP contribution in [0.3, 0.4) is 0 Å². The lowest BCUT2D eigenvalue weighted by Crippen LogP contribution is -2.13. The van der Waals surface area contributed by atoms with E-state index >= 15 is 0 Å². The van der Waals surface area contributed by atoms with Crippen molar-refractivity contribution in [3.8, 4) is 0 Å². The highest BCUT2D eigenvalue weighted by atomic mass is 127. The van der Waals surface area contributed by atoms with Crippen molar-refractivity contribution in [3.05, 3.63) is 70.3 Å². The van der Waals surface area contributed by atoms with Gasteiger partial charge in [-0.25, -0.2) is 8.42 Å². The van der Waals surface area contributed by atoms with Gasteiger partial charge in [-0.3, -0.25) is 4.72 Å². The third kappa shape index (κ3) is 3.03. The Labute approximate surface area is 137 Å². The lowest BCUT2D eigenvalue weighted by Gasteiger charge is -2.10. The third-order valence-electron chi connectivity index (χ3n) is 3.15. The van der Waals surface area contributed by atoms with Gasteiger partial charge >= 0.3 is 0 Å². The Bertz CT molecular complexity index is 907. The van der Waals surface area contributed by atoms with Crippen molar-refractivity contribution in [2.45, 2.75) is 4.90 Å².